The molecule has 0 aromatic heterocycles. The lowest BCUT2D eigenvalue weighted by Gasteiger charge is -2.08. The SMILES string of the molecule is [3H]NCCCC(=O)NCC(O)CN. The summed E-state index contributed by atoms with van der Waals surface area (Å²) in [5.74, 6) is -0.122. The molecule has 5 heteroatoms. The highest BCUT2D eigenvalue weighted by molar-refractivity contribution is 5.75. The number of hydrogen-bond donors (Lipinski definition) is 4. The van der Waals surface area contributed by atoms with E-state index in [2.05, 4.69) is 11.0 Å². The third-order valence-electron chi connectivity index (χ3n) is 1.39. The van der Waals surface area contributed by atoms with E-state index in [-0.39, 0.29) is 19.0 Å². The first kappa shape index (κ1) is 9.44. The van der Waals surface area contributed by atoms with Crippen LogP contribution in [0.1, 0.15) is 12.8 Å². The van der Waals surface area contributed by atoms with Crippen LogP contribution in [0.2, 0.25) is 1.41 Å². The van der Waals surface area contributed by atoms with Crippen LogP contribution >= 0.6 is 0 Å². The van der Waals surface area contributed by atoms with Gasteiger partial charge in [0.15, 0.2) is 0 Å². The first-order chi connectivity index (χ1) is 6.20. The fourth-order valence-corrected chi connectivity index (χ4v) is 0.652. The monoisotopic (exact) mass is 177 g/mol. The third kappa shape index (κ3) is 6.09. The van der Waals surface area contributed by atoms with Gasteiger partial charge < -0.3 is 21.9 Å². The second-order valence-corrected chi connectivity index (χ2v) is 2.55. The van der Waals surface area contributed by atoms with Crippen LogP contribution in [0.3, 0.4) is 0 Å². The number of hydrogen-bond acceptors (Lipinski definition) is 4. The normalized spacial score (nSPS) is 13.7. The molecule has 0 saturated heterocycles. The Labute approximate surface area is 73.6 Å². The fraction of sp³-hybridized carbons (Fsp3) is 0.857. The minimum Gasteiger partial charge on any atom is -0.390 e. The second-order valence-electron chi connectivity index (χ2n) is 2.55. The van der Waals surface area contributed by atoms with Crippen molar-refractivity contribution in [1.29, 1.82) is 0 Å². The maximum atomic E-state index is 11.0. The van der Waals surface area contributed by atoms with Crippen molar-refractivity contribution in [3.8, 4) is 0 Å². The Morgan fingerprint density at radius 1 is 1.75 bits per heavy atom. The van der Waals surface area contributed by atoms with E-state index in [1.54, 1.807) is 0 Å². The van der Waals surface area contributed by atoms with Gasteiger partial charge in [-0.25, -0.2) is 0 Å². The van der Waals surface area contributed by atoms with Gasteiger partial charge in [0.05, 0.1) is 6.10 Å². The molecule has 0 bridgehead atoms. The molecule has 0 rings (SSSR count). The average Bonchev–Trinajstić information content (AvgIpc) is 2.14. The third-order valence-corrected chi connectivity index (χ3v) is 1.39. The molecule has 0 aromatic rings. The summed E-state index contributed by atoms with van der Waals surface area (Å²) in [5, 5.41) is 11.5. The smallest absolute Gasteiger partial charge is 0.220 e. The van der Waals surface area contributed by atoms with Crippen LogP contribution in [0, 0.1) is 0 Å². The minimum atomic E-state index is -0.668. The number of nitrogens with two attached hydrogens (primary N) is 2. The largest absolute Gasteiger partial charge is 0.390 e. The summed E-state index contributed by atoms with van der Waals surface area (Å²) in [6.07, 6.45) is 0.315. The molecule has 0 aliphatic heterocycles. The molecule has 1 amide bonds. The molecule has 0 saturated carbocycles. The molecule has 5 nitrogen and oxygen atoms in total. The molecule has 0 aliphatic rings. The number of rotatable bonds is 7. The second kappa shape index (κ2) is 7.02. The van der Waals surface area contributed by atoms with E-state index in [0.717, 1.165) is 0 Å². The van der Waals surface area contributed by atoms with Crippen LogP contribution in [0.4, 0.5) is 0 Å². The van der Waals surface area contributed by atoms with Crippen LogP contribution in [0.25, 0.3) is 0 Å². The Kier molecular flexibility index (Phi) is 5.52. The highest BCUT2D eigenvalue weighted by Gasteiger charge is 2.03. The average molecular weight is 177 g/mol. The molecule has 72 valence electrons. The van der Waals surface area contributed by atoms with Crippen molar-refractivity contribution in [3.05, 3.63) is 0 Å². The predicted octanol–water partition coefficient (Wildman–Crippen LogP) is -1.84. The van der Waals surface area contributed by atoms with Gasteiger partial charge in [0.2, 0.25) is 5.91 Å². The van der Waals surface area contributed by atoms with Gasteiger partial charge in [-0.1, -0.05) is 0 Å². The molecule has 0 aromatic carbocycles. The van der Waals surface area contributed by atoms with E-state index in [1.807, 2.05) is 0 Å². The van der Waals surface area contributed by atoms with Gasteiger partial charge in [0.25, 0.3) is 0 Å². The molecule has 1 unspecified atom stereocenters. The van der Waals surface area contributed by atoms with Crippen LogP contribution in [0.15, 0.2) is 0 Å². The molecule has 6 N–H and O–H groups in total. The summed E-state index contributed by atoms with van der Waals surface area (Å²) < 4.78 is 6.61. The first-order valence-corrected chi connectivity index (χ1v) is 4.00. The van der Waals surface area contributed by atoms with Crippen molar-refractivity contribution < 1.29 is 11.3 Å². The van der Waals surface area contributed by atoms with Crippen LogP contribution in [0.5, 0.6) is 0 Å². The maximum Gasteiger partial charge on any atom is 0.220 e. The first-order valence-electron chi connectivity index (χ1n) is 4.50. The summed E-state index contributed by atoms with van der Waals surface area (Å²) in [6, 6.07) is 0. The summed E-state index contributed by atoms with van der Waals surface area (Å²) in [5.41, 5.74) is 7.34. The molecule has 0 radical (unpaired) electrons. The number of amides is 1. The number of aliphatic hydroxyl groups is 1. The Balaban J connectivity index is 3.30. The zero-order chi connectivity index (χ0) is 10.1. The van der Waals surface area contributed by atoms with E-state index >= 15 is 0 Å². The Morgan fingerprint density at radius 3 is 3.08 bits per heavy atom. The van der Waals surface area contributed by atoms with E-state index in [9.17, 15) is 4.79 Å². The van der Waals surface area contributed by atoms with Gasteiger partial charge in [-0.3, -0.25) is 4.79 Å². The van der Waals surface area contributed by atoms with Crippen molar-refractivity contribution >= 4 is 5.91 Å². The lowest BCUT2D eigenvalue weighted by molar-refractivity contribution is -0.121. The van der Waals surface area contributed by atoms with Gasteiger partial charge >= 0.3 is 0 Å². The fourth-order valence-electron chi connectivity index (χ4n) is 0.652. The zero-order valence-electron chi connectivity index (χ0n) is 8.05. The minimum absolute atomic E-state index is 0.122. The molecular weight excluding hydrogens is 158 g/mol. The van der Waals surface area contributed by atoms with Gasteiger partial charge in [0.1, 0.15) is 1.41 Å². The van der Waals surface area contributed by atoms with E-state index in [0.29, 0.717) is 19.4 Å². The van der Waals surface area contributed by atoms with Gasteiger partial charge in [-0.15, -0.1) is 0 Å². The number of nitrogens with one attached hydrogen (secondary N) is 1. The van der Waals surface area contributed by atoms with Gasteiger partial charge in [-0.2, -0.15) is 0 Å². The van der Waals surface area contributed by atoms with Gasteiger partial charge in [0, 0.05) is 19.5 Å². The molecule has 0 heterocycles. The quantitative estimate of drug-likeness (QED) is 0.343. The van der Waals surface area contributed by atoms with Crippen LogP contribution in [-0.2, 0) is 4.79 Å². The zero-order valence-corrected chi connectivity index (χ0v) is 7.05. The van der Waals surface area contributed by atoms with Crippen molar-refractivity contribution in [2.45, 2.75) is 18.9 Å². The maximum absolute atomic E-state index is 11.0. The predicted molar refractivity (Wildman–Crippen MR) is 46.4 cm³/mol. The summed E-state index contributed by atoms with van der Waals surface area (Å²) in [4.78, 5) is 11.0. The molecule has 0 aliphatic carbocycles. The van der Waals surface area contributed by atoms with Crippen molar-refractivity contribution in [3.63, 3.8) is 0 Å². The van der Waals surface area contributed by atoms with Gasteiger partial charge in [-0.05, 0) is 13.0 Å². The Hall–Kier alpha value is -0.650. The standard InChI is InChI=1S/C7H17N3O2/c8-3-1-2-7(12)10-5-6(11)4-9/h6,11H,1-5,8-9H2,(H,10,12)/i/hT. The molecule has 1 atom stereocenters. The summed E-state index contributed by atoms with van der Waals surface area (Å²) in [7, 11) is 0. The molecule has 12 heavy (non-hydrogen) atoms. The molecule has 0 spiro atoms. The van der Waals surface area contributed by atoms with Crippen molar-refractivity contribution in [2.24, 2.45) is 11.5 Å². The lowest BCUT2D eigenvalue weighted by Crippen LogP contribution is -2.36. The topological polar surface area (TPSA) is 101 Å². The lowest BCUT2D eigenvalue weighted by atomic mass is 10.3. The molecule has 0 fully saturated rings. The Morgan fingerprint density at radius 2 is 2.50 bits per heavy atom. The van der Waals surface area contributed by atoms with E-state index in [4.69, 9.17) is 12.3 Å². The Bertz CT molecular complexity index is 146. The van der Waals surface area contributed by atoms with Crippen molar-refractivity contribution in [1.82, 2.24) is 5.32 Å². The highest BCUT2D eigenvalue weighted by Crippen LogP contribution is 1.85. The van der Waals surface area contributed by atoms with E-state index < -0.39 is 6.10 Å². The highest BCUT2D eigenvalue weighted by atomic mass is 16.3. The number of carbonyl (C=O) groups excluding carboxylic acids is 1. The van der Waals surface area contributed by atoms with Crippen LogP contribution < -0.4 is 16.8 Å². The number of carbonyl (C=O) groups is 1. The number of aliphatic hydroxyl groups excluding tert-OH is 1. The summed E-state index contributed by atoms with van der Waals surface area (Å²) in [6.45, 7) is 0.838. The van der Waals surface area contributed by atoms with E-state index in [1.165, 1.54) is 0 Å². The van der Waals surface area contributed by atoms with Crippen molar-refractivity contribution in [2.75, 3.05) is 19.6 Å². The summed E-state index contributed by atoms with van der Waals surface area (Å²) >= 11 is 0. The van der Waals surface area contributed by atoms with Crippen LogP contribution in [-0.4, -0.2) is 36.8 Å². The molecular formula is C7H17N3O2.